The van der Waals surface area contributed by atoms with Gasteiger partial charge in [-0.05, 0) is 18.2 Å². The number of hydrogen-bond acceptors (Lipinski definition) is 3. The highest BCUT2D eigenvalue weighted by atomic mass is 32.2. The van der Waals surface area contributed by atoms with Crippen LogP contribution in [0.15, 0.2) is 53.4 Å². The van der Waals surface area contributed by atoms with Crippen LogP contribution >= 0.6 is 0 Å². The second-order valence-corrected chi connectivity index (χ2v) is 5.50. The molecule has 0 radical (unpaired) electrons. The van der Waals surface area contributed by atoms with Gasteiger partial charge in [0.25, 0.3) is 10.0 Å². The van der Waals surface area contributed by atoms with Gasteiger partial charge in [-0.1, -0.05) is 30.3 Å². The molecule has 2 aromatic carbocycles. The first-order valence-electron chi connectivity index (χ1n) is 5.51. The molecule has 0 saturated heterocycles. The predicted octanol–water partition coefficient (Wildman–Crippen LogP) is 2.12. The Kier molecular flexibility index (Phi) is 3.82. The van der Waals surface area contributed by atoms with Crippen LogP contribution in [0.5, 0.6) is 0 Å². The number of anilines is 1. The molecule has 0 spiro atoms. The van der Waals surface area contributed by atoms with E-state index in [1.165, 1.54) is 24.3 Å². The molecule has 100 valence electrons. The van der Waals surface area contributed by atoms with Gasteiger partial charge in [-0.25, -0.2) is 12.8 Å². The van der Waals surface area contributed by atoms with Gasteiger partial charge in [-0.15, -0.1) is 0 Å². The quantitative estimate of drug-likeness (QED) is 0.902. The lowest BCUT2D eigenvalue weighted by Gasteiger charge is -2.11. The van der Waals surface area contributed by atoms with Crippen molar-refractivity contribution in [3.8, 4) is 0 Å². The maximum absolute atomic E-state index is 13.5. The van der Waals surface area contributed by atoms with Crippen LogP contribution in [0.3, 0.4) is 0 Å². The topological polar surface area (TPSA) is 66.4 Å². The smallest absolute Gasteiger partial charge is 0.264 e. The second-order valence-electron chi connectivity index (χ2n) is 3.85. The van der Waals surface area contributed by atoms with E-state index in [1.807, 2.05) is 0 Å². The van der Waals surface area contributed by atoms with Crippen molar-refractivity contribution in [2.24, 2.45) is 0 Å². The van der Waals surface area contributed by atoms with Crippen LogP contribution in [-0.4, -0.2) is 13.5 Å². The molecule has 0 aromatic heterocycles. The van der Waals surface area contributed by atoms with Crippen molar-refractivity contribution in [2.45, 2.75) is 11.5 Å². The third kappa shape index (κ3) is 2.91. The fourth-order valence-corrected chi connectivity index (χ4v) is 2.80. The molecule has 6 heteroatoms. The standard InChI is InChI=1S/C13H12FNO3S/c14-11-6-2-4-8-13(11)19(17,18)15-12-7-3-1-5-10(12)9-16/h1-8,15-16H,9H2. The molecule has 4 nitrogen and oxygen atoms in total. The normalized spacial score (nSPS) is 11.3. The third-order valence-corrected chi connectivity index (χ3v) is 3.96. The van der Waals surface area contributed by atoms with Crippen molar-refractivity contribution >= 4 is 15.7 Å². The fourth-order valence-electron chi connectivity index (χ4n) is 1.62. The summed E-state index contributed by atoms with van der Waals surface area (Å²) in [6, 6.07) is 11.5. The predicted molar refractivity (Wildman–Crippen MR) is 69.6 cm³/mol. The minimum atomic E-state index is -4.01. The van der Waals surface area contributed by atoms with Gasteiger partial charge in [-0.3, -0.25) is 4.72 Å². The third-order valence-electron chi connectivity index (χ3n) is 2.56. The van der Waals surface area contributed by atoms with E-state index < -0.39 is 20.7 Å². The van der Waals surface area contributed by atoms with Crippen LogP contribution in [0.4, 0.5) is 10.1 Å². The first-order valence-corrected chi connectivity index (χ1v) is 6.99. The van der Waals surface area contributed by atoms with Gasteiger partial charge in [0.2, 0.25) is 0 Å². The SMILES string of the molecule is O=S(=O)(Nc1ccccc1CO)c1ccccc1F. The Morgan fingerprint density at radius 2 is 1.68 bits per heavy atom. The number of hydrogen-bond donors (Lipinski definition) is 2. The van der Waals surface area contributed by atoms with Gasteiger partial charge in [0.15, 0.2) is 0 Å². The highest BCUT2D eigenvalue weighted by Crippen LogP contribution is 2.21. The Morgan fingerprint density at radius 1 is 1.05 bits per heavy atom. The maximum atomic E-state index is 13.5. The van der Waals surface area contributed by atoms with Crippen LogP contribution in [0.2, 0.25) is 0 Å². The highest BCUT2D eigenvalue weighted by molar-refractivity contribution is 7.92. The minimum absolute atomic E-state index is 0.230. The lowest BCUT2D eigenvalue weighted by Crippen LogP contribution is -2.15. The van der Waals surface area contributed by atoms with Crippen LogP contribution in [0.1, 0.15) is 5.56 Å². The van der Waals surface area contributed by atoms with E-state index >= 15 is 0 Å². The van der Waals surface area contributed by atoms with E-state index in [0.717, 1.165) is 6.07 Å². The lowest BCUT2D eigenvalue weighted by molar-refractivity contribution is 0.282. The summed E-state index contributed by atoms with van der Waals surface area (Å²) in [7, 11) is -4.01. The minimum Gasteiger partial charge on any atom is -0.392 e. The summed E-state index contributed by atoms with van der Waals surface area (Å²) in [5.74, 6) is -0.823. The molecule has 0 atom stereocenters. The average Bonchev–Trinajstić information content (AvgIpc) is 2.39. The summed E-state index contributed by atoms with van der Waals surface area (Å²) in [5.41, 5.74) is 0.649. The average molecular weight is 281 g/mol. The molecule has 19 heavy (non-hydrogen) atoms. The Hall–Kier alpha value is -1.92. The summed E-state index contributed by atoms with van der Waals surface area (Å²) in [6.45, 7) is -0.310. The van der Waals surface area contributed by atoms with E-state index in [1.54, 1.807) is 18.2 Å². The molecule has 0 aliphatic heterocycles. The summed E-state index contributed by atoms with van der Waals surface area (Å²) in [4.78, 5) is -0.428. The first-order chi connectivity index (χ1) is 9.04. The molecule has 0 aliphatic carbocycles. The summed E-state index contributed by atoms with van der Waals surface area (Å²) >= 11 is 0. The van der Waals surface area contributed by atoms with Crippen molar-refractivity contribution in [1.82, 2.24) is 0 Å². The van der Waals surface area contributed by atoms with E-state index in [4.69, 9.17) is 5.11 Å². The van der Waals surface area contributed by atoms with E-state index in [2.05, 4.69) is 4.72 Å². The lowest BCUT2D eigenvalue weighted by atomic mass is 10.2. The molecule has 0 aliphatic rings. The fraction of sp³-hybridized carbons (Fsp3) is 0.0769. The van der Waals surface area contributed by atoms with Gasteiger partial charge in [0.05, 0.1) is 12.3 Å². The molecule has 0 saturated carbocycles. The Labute approximate surface area is 110 Å². The summed E-state index contributed by atoms with van der Waals surface area (Å²) < 4.78 is 39.9. The number of aliphatic hydroxyl groups excluding tert-OH is 1. The molecule has 0 amide bonds. The van der Waals surface area contributed by atoms with Crippen LogP contribution in [-0.2, 0) is 16.6 Å². The zero-order chi connectivity index (χ0) is 13.9. The number of benzene rings is 2. The number of aliphatic hydroxyl groups is 1. The van der Waals surface area contributed by atoms with Gasteiger partial charge in [0.1, 0.15) is 10.7 Å². The molecule has 0 fully saturated rings. The van der Waals surface area contributed by atoms with Crippen molar-refractivity contribution in [3.05, 3.63) is 59.9 Å². The van der Waals surface area contributed by atoms with Crippen molar-refractivity contribution in [3.63, 3.8) is 0 Å². The molecule has 2 rings (SSSR count). The van der Waals surface area contributed by atoms with Gasteiger partial charge < -0.3 is 5.11 Å². The van der Waals surface area contributed by atoms with Crippen molar-refractivity contribution < 1.29 is 17.9 Å². The zero-order valence-corrected chi connectivity index (χ0v) is 10.7. The van der Waals surface area contributed by atoms with Crippen LogP contribution in [0.25, 0.3) is 0 Å². The van der Waals surface area contributed by atoms with Crippen molar-refractivity contribution in [2.75, 3.05) is 4.72 Å². The molecule has 0 bridgehead atoms. The molecular weight excluding hydrogens is 269 g/mol. The Balaban J connectivity index is 2.40. The number of rotatable bonds is 4. The Bertz CT molecular complexity index is 686. The second kappa shape index (κ2) is 5.38. The molecule has 0 unspecified atom stereocenters. The highest BCUT2D eigenvalue weighted by Gasteiger charge is 2.19. The molecular formula is C13H12FNO3S. The molecule has 0 heterocycles. The van der Waals surface area contributed by atoms with Gasteiger partial charge >= 0.3 is 0 Å². The maximum Gasteiger partial charge on any atom is 0.264 e. The summed E-state index contributed by atoms with van der Waals surface area (Å²) in [5, 5.41) is 9.13. The van der Waals surface area contributed by atoms with Crippen molar-refractivity contribution in [1.29, 1.82) is 0 Å². The zero-order valence-electron chi connectivity index (χ0n) is 9.88. The van der Waals surface area contributed by atoms with Gasteiger partial charge in [0, 0.05) is 5.56 Å². The number of nitrogens with one attached hydrogen (secondary N) is 1. The van der Waals surface area contributed by atoms with E-state index in [9.17, 15) is 12.8 Å². The Morgan fingerprint density at radius 3 is 2.37 bits per heavy atom. The number of para-hydroxylation sites is 1. The first kappa shape index (κ1) is 13.5. The summed E-state index contributed by atoms with van der Waals surface area (Å²) in [6.07, 6.45) is 0. The monoisotopic (exact) mass is 281 g/mol. The van der Waals surface area contributed by atoms with E-state index in [0.29, 0.717) is 5.56 Å². The molecule has 2 aromatic rings. The van der Waals surface area contributed by atoms with Crippen LogP contribution < -0.4 is 4.72 Å². The van der Waals surface area contributed by atoms with E-state index in [-0.39, 0.29) is 12.3 Å². The van der Waals surface area contributed by atoms with Gasteiger partial charge in [-0.2, -0.15) is 0 Å². The molecule has 2 N–H and O–H groups in total. The largest absolute Gasteiger partial charge is 0.392 e. The van der Waals surface area contributed by atoms with Crippen LogP contribution in [0, 0.1) is 5.82 Å². The number of sulfonamides is 1. The number of halogens is 1.